The minimum atomic E-state index is -0.0101. The van der Waals surface area contributed by atoms with Crippen molar-refractivity contribution in [1.82, 2.24) is 19.4 Å². The Morgan fingerprint density at radius 1 is 0.903 bits per heavy atom. The normalized spacial score (nSPS) is 11.2. The molecule has 3 aromatic rings. The standard InChI is InChI=1S/C26H36N4O/c1-3-4-5-6-7-8-9-10-13-20-30-24-15-12-11-14-23(24)28-25(30)21-29(2)26(31)22-16-18-27-19-17-22/h11-12,14-19H,3-10,13,20-21H2,1-2H3. The second-order valence-electron chi connectivity index (χ2n) is 8.39. The molecular weight excluding hydrogens is 384 g/mol. The van der Waals surface area contributed by atoms with E-state index in [1.807, 2.05) is 13.1 Å². The van der Waals surface area contributed by atoms with Gasteiger partial charge >= 0.3 is 0 Å². The lowest BCUT2D eigenvalue weighted by atomic mass is 10.1. The second kappa shape index (κ2) is 12.2. The van der Waals surface area contributed by atoms with Gasteiger partial charge in [0.1, 0.15) is 5.82 Å². The Hall–Kier alpha value is -2.69. The van der Waals surface area contributed by atoms with Gasteiger partial charge in [0.15, 0.2) is 0 Å². The fourth-order valence-electron chi connectivity index (χ4n) is 4.07. The molecule has 0 radical (unpaired) electrons. The van der Waals surface area contributed by atoms with Crippen molar-refractivity contribution in [1.29, 1.82) is 0 Å². The number of hydrogen-bond acceptors (Lipinski definition) is 3. The highest BCUT2D eigenvalue weighted by atomic mass is 16.2. The molecule has 0 atom stereocenters. The monoisotopic (exact) mass is 420 g/mol. The number of aryl methyl sites for hydroxylation is 1. The molecule has 5 heteroatoms. The summed E-state index contributed by atoms with van der Waals surface area (Å²) in [7, 11) is 1.84. The summed E-state index contributed by atoms with van der Waals surface area (Å²) in [6.07, 6.45) is 15.1. The summed E-state index contributed by atoms with van der Waals surface area (Å²) in [6, 6.07) is 11.8. The molecule has 0 saturated heterocycles. The molecule has 2 heterocycles. The van der Waals surface area contributed by atoms with Crippen molar-refractivity contribution in [2.75, 3.05) is 7.05 Å². The van der Waals surface area contributed by atoms with Crippen LogP contribution >= 0.6 is 0 Å². The maximum absolute atomic E-state index is 12.8. The molecule has 0 aliphatic carbocycles. The summed E-state index contributed by atoms with van der Waals surface area (Å²) < 4.78 is 2.30. The van der Waals surface area contributed by atoms with Gasteiger partial charge in [-0.05, 0) is 30.7 Å². The number of pyridine rings is 1. The zero-order chi connectivity index (χ0) is 21.9. The van der Waals surface area contributed by atoms with E-state index in [1.54, 1.807) is 29.4 Å². The highest BCUT2D eigenvalue weighted by molar-refractivity contribution is 5.93. The number of rotatable bonds is 13. The van der Waals surface area contributed by atoms with Gasteiger partial charge in [0, 0.05) is 31.5 Å². The van der Waals surface area contributed by atoms with Crippen molar-refractivity contribution in [2.24, 2.45) is 0 Å². The third-order valence-corrected chi connectivity index (χ3v) is 5.87. The fraction of sp³-hybridized carbons (Fsp3) is 0.500. The predicted molar refractivity (Wildman–Crippen MR) is 127 cm³/mol. The van der Waals surface area contributed by atoms with Gasteiger partial charge in [-0.15, -0.1) is 0 Å². The predicted octanol–water partition coefficient (Wildman–Crippen LogP) is 6.23. The van der Waals surface area contributed by atoms with Gasteiger partial charge in [0.25, 0.3) is 5.91 Å². The number of imidazole rings is 1. The van der Waals surface area contributed by atoms with E-state index < -0.39 is 0 Å². The number of nitrogens with zero attached hydrogens (tertiary/aromatic N) is 4. The van der Waals surface area contributed by atoms with Crippen LogP contribution in [0.15, 0.2) is 48.8 Å². The lowest BCUT2D eigenvalue weighted by Gasteiger charge is -2.18. The quantitative estimate of drug-likeness (QED) is 0.308. The minimum absolute atomic E-state index is 0.0101. The van der Waals surface area contributed by atoms with Crippen LogP contribution in [0.2, 0.25) is 0 Å². The molecule has 166 valence electrons. The van der Waals surface area contributed by atoms with Gasteiger partial charge in [-0.1, -0.05) is 70.4 Å². The first kappa shape index (κ1) is 23.0. The Morgan fingerprint density at radius 3 is 2.26 bits per heavy atom. The first-order valence-electron chi connectivity index (χ1n) is 11.8. The van der Waals surface area contributed by atoms with E-state index >= 15 is 0 Å². The van der Waals surface area contributed by atoms with Crippen LogP contribution in [0.5, 0.6) is 0 Å². The number of fused-ring (bicyclic) bond motifs is 1. The van der Waals surface area contributed by atoms with Crippen molar-refractivity contribution in [3.8, 4) is 0 Å². The summed E-state index contributed by atoms with van der Waals surface area (Å²) in [4.78, 5) is 23.3. The topological polar surface area (TPSA) is 51.0 Å². The molecule has 0 unspecified atom stereocenters. The first-order valence-corrected chi connectivity index (χ1v) is 11.8. The number of hydrogen-bond donors (Lipinski definition) is 0. The van der Waals surface area contributed by atoms with Crippen LogP contribution in [0.4, 0.5) is 0 Å². The number of para-hydroxylation sites is 2. The fourth-order valence-corrected chi connectivity index (χ4v) is 4.07. The van der Waals surface area contributed by atoms with Crippen LogP contribution in [0, 0.1) is 0 Å². The average Bonchev–Trinajstić information content (AvgIpc) is 3.15. The second-order valence-corrected chi connectivity index (χ2v) is 8.39. The zero-order valence-electron chi connectivity index (χ0n) is 19.1. The largest absolute Gasteiger partial charge is 0.334 e. The molecule has 0 saturated carbocycles. The Morgan fingerprint density at radius 2 is 1.55 bits per heavy atom. The maximum atomic E-state index is 12.8. The Labute approximate surface area is 186 Å². The van der Waals surface area contributed by atoms with Crippen LogP contribution in [0.1, 0.15) is 80.9 Å². The molecule has 0 bridgehead atoms. The van der Waals surface area contributed by atoms with Crippen LogP contribution < -0.4 is 0 Å². The lowest BCUT2D eigenvalue weighted by molar-refractivity contribution is 0.0780. The van der Waals surface area contributed by atoms with Crippen LogP contribution in [-0.4, -0.2) is 32.4 Å². The molecule has 2 aromatic heterocycles. The van der Waals surface area contributed by atoms with E-state index in [1.165, 1.54) is 51.4 Å². The summed E-state index contributed by atoms with van der Waals surface area (Å²) in [5.74, 6) is 0.940. The van der Waals surface area contributed by atoms with Crippen molar-refractivity contribution >= 4 is 16.9 Å². The van der Waals surface area contributed by atoms with E-state index in [0.717, 1.165) is 29.8 Å². The Bertz CT molecular complexity index is 935. The number of amides is 1. The third-order valence-electron chi connectivity index (χ3n) is 5.87. The van der Waals surface area contributed by atoms with Gasteiger partial charge in [-0.2, -0.15) is 0 Å². The summed E-state index contributed by atoms with van der Waals surface area (Å²) in [5, 5.41) is 0. The molecule has 1 aromatic carbocycles. The summed E-state index contributed by atoms with van der Waals surface area (Å²) in [5.41, 5.74) is 2.80. The van der Waals surface area contributed by atoms with Crippen molar-refractivity contribution < 1.29 is 4.79 Å². The highest BCUT2D eigenvalue weighted by Gasteiger charge is 2.16. The van der Waals surface area contributed by atoms with Crippen LogP contribution in [-0.2, 0) is 13.1 Å². The SMILES string of the molecule is CCCCCCCCCCCn1c(CN(C)C(=O)c2ccncc2)nc2ccccc21. The maximum Gasteiger partial charge on any atom is 0.254 e. The molecule has 0 spiro atoms. The number of aromatic nitrogens is 3. The number of unbranched alkanes of at least 4 members (excludes halogenated alkanes) is 8. The van der Waals surface area contributed by atoms with Crippen LogP contribution in [0.25, 0.3) is 11.0 Å². The Balaban J connectivity index is 1.58. The van der Waals surface area contributed by atoms with Crippen LogP contribution in [0.3, 0.4) is 0 Å². The third kappa shape index (κ3) is 6.65. The van der Waals surface area contributed by atoms with Gasteiger partial charge in [-0.3, -0.25) is 9.78 Å². The molecule has 5 nitrogen and oxygen atoms in total. The van der Waals surface area contributed by atoms with E-state index in [2.05, 4.69) is 34.7 Å². The summed E-state index contributed by atoms with van der Waals surface area (Å²) >= 11 is 0. The van der Waals surface area contributed by atoms with Gasteiger partial charge in [0.2, 0.25) is 0 Å². The van der Waals surface area contributed by atoms with Gasteiger partial charge in [0.05, 0.1) is 17.6 Å². The zero-order valence-corrected chi connectivity index (χ0v) is 19.1. The van der Waals surface area contributed by atoms with E-state index in [9.17, 15) is 4.79 Å². The first-order chi connectivity index (χ1) is 15.2. The average molecular weight is 421 g/mol. The molecular formula is C26H36N4O. The lowest BCUT2D eigenvalue weighted by Crippen LogP contribution is -2.27. The molecule has 31 heavy (non-hydrogen) atoms. The summed E-state index contributed by atoms with van der Waals surface area (Å²) in [6.45, 7) is 3.71. The molecule has 0 N–H and O–H groups in total. The molecule has 3 rings (SSSR count). The smallest absolute Gasteiger partial charge is 0.254 e. The van der Waals surface area contributed by atoms with E-state index in [4.69, 9.17) is 4.98 Å². The van der Waals surface area contributed by atoms with E-state index in [-0.39, 0.29) is 5.91 Å². The van der Waals surface area contributed by atoms with E-state index in [0.29, 0.717) is 12.1 Å². The molecule has 0 fully saturated rings. The number of benzene rings is 1. The van der Waals surface area contributed by atoms with Crippen molar-refractivity contribution in [3.63, 3.8) is 0 Å². The van der Waals surface area contributed by atoms with Gasteiger partial charge in [-0.25, -0.2) is 4.98 Å². The van der Waals surface area contributed by atoms with Crippen molar-refractivity contribution in [2.45, 2.75) is 77.8 Å². The van der Waals surface area contributed by atoms with Crippen molar-refractivity contribution in [3.05, 3.63) is 60.2 Å². The Kier molecular flexibility index (Phi) is 9.07. The minimum Gasteiger partial charge on any atom is -0.334 e. The highest BCUT2D eigenvalue weighted by Crippen LogP contribution is 2.19. The van der Waals surface area contributed by atoms with Gasteiger partial charge < -0.3 is 9.47 Å². The molecule has 1 amide bonds. The number of carbonyl (C=O) groups excluding carboxylic acids is 1. The molecule has 0 aliphatic heterocycles. The number of carbonyl (C=O) groups is 1. The molecule has 0 aliphatic rings.